The lowest BCUT2D eigenvalue weighted by atomic mass is 9.95. The van der Waals surface area contributed by atoms with E-state index in [4.69, 9.17) is 28.4 Å². The molecule has 2 aliphatic rings. The summed E-state index contributed by atoms with van der Waals surface area (Å²) < 4.78 is 32.7. The van der Waals surface area contributed by atoms with Gasteiger partial charge in [-0.15, -0.1) is 0 Å². The lowest BCUT2D eigenvalue weighted by molar-refractivity contribution is -0.285. The Morgan fingerprint density at radius 2 is 1.61 bits per heavy atom. The number of ether oxygens (including phenoxy) is 6. The summed E-state index contributed by atoms with van der Waals surface area (Å²) in [6.45, 7) is 2.81. The van der Waals surface area contributed by atoms with Crippen molar-refractivity contribution in [2.45, 2.75) is 64.0 Å². The lowest BCUT2D eigenvalue weighted by Crippen LogP contribution is -2.62. The highest BCUT2D eigenvalue weighted by Crippen LogP contribution is 2.47. The van der Waals surface area contributed by atoms with Crippen molar-refractivity contribution < 1.29 is 68.0 Å². The number of hydrogen-bond acceptors (Lipinski definition) is 14. The van der Waals surface area contributed by atoms with Gasteiger partial charge in [0.15, 0.2) is 41.0 Å². The second-order valence-electron chi connectivity index (χ2n) is 9.37. The van der Waals surface area contributed by atoms with Gasteiger partial charge in [0.2, 0.25) is 12.0 Å². The van der Waals surface area contributed by atoms with E-state index in [9.17, 15) is 39.6 Å². The maximum atomic E-state index is 12.8. The molecule has 4 N–H and O–H groups in total. The second-order valence-corrected chi connectivity index (χ2v) is 9.37. The smallest absolute Gasteiger partial charge is 0.303 e. The minimum Gasteiger partial charge on any atom is -0.504 e. The Labute approximate surface area is 232 Å². The van der Waals surface area contributed by atoms with Crippen LogP contribution in [0.5, 0.6) is 28.7 Å². The Balaban J connectivity index is 1.65. The first-order chi connectivity index (χ1) is 19.3. The molecule has 41 heavy (non-hydrogen) atoms. The molecule has 0 bridgehead atoms. The summed E-state index contributed by atoms with van der Waals surface area (Å²) in [7, 11) is 0. The first kappa shape index (κ1) is 29.4. The van der Waals surface area contributed by atoms with Crippen molar-refractivity contribution in [1.29, 1.82) is 0 Å². The van der Waals surface area contributed by atoms with Gasteiger partial charge in [-0.1, -0.05) is 6.07 Å². The molecule has 1 fully saturated rings. The lowest BCUT2D eigenvalue weighted by Gasteiger charge is -2.42. The zero-order valence-electron chi connectivity index (χ0n) is 22.1. The van der Waals surface area contributed by atoms with E-state index in [1.165, 1.54) is 30.3 Å². The van der Waals surface area contributed by atoms with Gasteiger partial charge in [0.1, 0.15) is 24.9 Å². The van der Waals surface area contributed by atoms with Crippen LogP contribution in [0, 0.1) is 0 Å². The molecule has 14 nitrogen and oxygen atoms in total. The Hall–Kier alpha value is -4.56. The number of benzene rings is 2. The molecule has 0 radical (unpaired) electrons. The number of fused-ring (bicyclic) bond motifs is 1. The third kappa shape index (κ3) is 6.44. The van der Waals surface area contributed by atoms with Crippen molar-refractivity contribution in [1.82, 2.24) is 0 Å². The van der Waals surface area contributed by atoms with Crippen LogP contribution in [-0.4, -0.2) is 81.4 Å². The highest BCUT2D eigenvalue weighted by Gasteiger charge is 2.51. The van der Waals surface area contributed by atoms with Crippen LogP contribution in [0.3, 0.4) is 0 Å². The molecular weight excluding hydrogens is 548 g/mol. The molecule has 0 saturated carbocycles. The van der Waals surface area contributed by atoms with Gasteiger partial charge in [0, 0.05) is 20.8 Å². The number of phenols is 3. The van der Waals surface area contributed by atoms with Crippen LogP contribution >= 0.6 is 0 Å². The number of esters is 3. The van der Waals surface area contributed by atoms with Crippen LogP contribution in [0.1, 0.15) is 49.2 Å². The molecule has 0 aromatic heterocycles. The Morgan fingerprint density at radius 1 is 0.927 bits per heavy atom. The van der Waals surface area contributed by atoms with Crippen molar-refractivity contribution in [3.8, 4) is 28.7 Å². The molecule has 1 saturated heterocycles. The van der Waals surface area contributed by atoms with Crippen LogP contribution in [-0.2, 0) is 33.3 Å². The van der Waals surface area contributed by atoms with E-state index in [-0.39, 0.29) is 29.2 Å². The number of aliphatic hydroxyl groups is 1. The predicted octanol–water partition coefficient (Wildman–Crippen LogP) is 1.40. The van der Waals surface area contributed by atoms with E-state index in [1.54, 1.807) is 0 Å². The van der Waals surface area contributed by atoms with Crippen molar-refractivity contribution in [3.63, 3.8) is 0 Å². The van der Waals surface area contributed by atoms with E-state index in [2.05, 4.69) is 0 Å². The maximum Gasteiger partial charge on any atom is 0.303 e. The number of carbonyl (C=O) groups is 4. The molecule has 0 aliphatic carbocycles. The fourth-order valence-electron chi connectivity index (χ4n) is 4.48. The van der Waals surface area contributed by atoms with Gasteiger partial charge < -0.3 is 48.8 Å². The predicted molar refractivity (Wildman–Crippen MR) is 133 cm³/mol. The van der Waals surface area contributed by atoms with E-state index in [1.807, 2.05) is 0 Å². The largest absolute Gasteiger partial charge is 0.504 e. The number of ketones is 1. The molecule has 6 atom stereocenters. The number of carbonyl (C=O) groups excluding carboxylic acids is 4. The number of Topliss-reactive ketones (excluding diaryl/α,β-unsaturated/α-hetero) is 1. The molecule has 2 aromatic rings. The zero-order chi connectivity index (χ0) is 30.0. The van der Waals surface area contributed by atoms with E-state index in [0.717, 1.165) is 20.8 Å². The molecule has 220 valence electrons. The summed E-state index contributed by atoms with van der Waals surface area (Å²) >= 11 is 0. The molecular formula is C27H28O14. The molecule has 2 aliphatic heterocycles. The molecule has 14 heteroatoms. The standard InChI is InChI=1S/C27H28O14/c1-11(28)36-10-21-25(37-12(2)29)23(35)26(38-13(3)30)27(41-21)40-19-7-5-15-17(32)9-20(39-24(15)22(19)34)14-4-6-16(31)18(33)8-14/h4-8,20-21,23,25-27,31,33-35H,9-10H2,1-3H3/t20?,21-,23+,25-,26-,27-/m1/s1. The normalized spacial score (nSPS) is 25.3. The van der Waals surface area contributed by atoms with Gasteiger partial charge in [-0.2, -0.15) is 0 Å². The average Bonchev–Trinajstić information content (AvgIpc) is 2.89. The van der Waals surface area contributed by atoms with Gasteiger partial charge >= 0.3 is 17.9 Å². The van der Waals surface area contributed by atoms with Crippen LogP contribution in [0.2, 0.25) is 0 Å². The van der Waals surface area contributed by atoms with Gasteiger partial charge in [-0.25, -0.2) is 0 Å². The number of aliphatic hydroxyl groups excluding tert-OH is 1. The maximum absolute atomic E-state index is 12.8. The van der Waals surface area contributed by atoms with E-state index >= 15 is 0 Å². The third-order valence-corrected chi connectivity index (χ3v) is 6.31. The number of hydrogen-bond donors (Lipinski definition) is 4. The molecule has 2 aromatic carbocycles. The third-order valence-electron chi connectivity index (χ3n) is 6.31. The van der Waals surface area contributed by atoms with Crippen molar-refractivity contribution in [3.05, 3.63) is 41.5 Å². The summed E-state index contributed by atoms with van der Waals surface area (Å²) in [5.41, 5.74) is 0.390. The number of phenolic OH excluding ortho intramolecular Hbond substituents is 3. The summed E-state index contributed by atoms with van der Waals surface area (Å²) in [5.74, 6) is -4.66. The summed E-state index contributed by atoms with van der Waals surface area (Å²) in [6, 6.07) is 6.46. The van der Waals surface area contributed by atoms with Crippen molar-refractivity contribution in [2.75, 3.05) is 6.61 Å². The number of aromatic hydroxyl groups is 3. The van der Waals surface area contributed by atoms with Crippen LogP contribution in [0.15, 0.2) is 30.3 Å². The van der Waals surface area contributed by atoms with Crippen LogP contribution < -0.4 is 9.47 Å². The van der Waals surface area contributed by atoms with Gasteiger partial charge in [0.05, 0.1) is 12.0 Å². The zero-order valence-corrected chi connectivity index (χ0v) is 22.1. The first-order valence-corrected chi connectivity index (χ1v) is 12.4. The van der Waals surface area contributed by atoms with Crippen molar-refractivity contribution >= 4 is 23.7 Å². The Kier molecular flexibility index (Phi) is 8.54. The van der Waals surface area contributed by atoms with Crippen LogP contribution in [0.25, 0.3) is 0 Å². The van der Waals surface area contributed by atoms with E-state index < -0.39 is 78.6 Å². The molecule has 0 amide bonds. The minimum atomic E-state index is -1.70. The van der Waals surface area contributed by atoms with E-state index in [0.29, 0.717) is 5.56 Å². The molecule has 0 spiro atoms. The Morgan fingerprint density at radius 3 is 2.24 bits per heavy atom. The topological polar surface area (TPSA) is 205 Å². The highest BCUT2D eigenvalue weighted by atomic mass is 16.7. The van der Waals surface area contributed by atoms with Gasteiger partial charge in [0.25, 0.3) is 0 Å². The van der Waals surface area contributed by atoms with Gasteiger partial charge in [-0.05, 0) is 29.8 Å². The fraction of sp³-hybridized carbons (Fsp3) is 0.407. The molecule has 2 heterocycles. The second kappa shape index (κ2) is 11.9. The quantitative estimate of drug-likeness (QED) is 0.209. The fourth-order valence-corrected chi connectivity index (χ4v) is 4.48. The summed E-state index contributed by atoms with van der Waals surface area (Å²) in [4.78, 5) is 47.8. The first-order valence-electron chi connectivity index (χ1n) is 12.4. The summed E-state index contributed by atoms with van der Waals surface area (Å²) in [6.07, 6.45) is -8.63. The average molecular weight is 577 g/mol. The molecule has 1 unspecified atom stereocenters. The SMILES string of the molecule is CC(=O)OC[C@H]1O[C@@H](Oc2ccc3c(c2O)OC(c2ccc(O)c(O)c2)CC3=O)[C@H](OC(C)=O)[C@@H](O)[C@@H]1OC(C)=O. The van der Waals surface area contributed by atoms with Crippen LogP contribution in [0.4, 0.5) is 0 Å². The van der Waals surface area contributed by atoms with Gasteiger partial charge in [-0.3, -0.25) is 19.2 Å². The highest BCUT2D eigenvalue weighted by molar-refractivity contribution is 6.01. The number of rotatable bonds is 7. The Bertz CT molecular complexity index is 1350. The molecule has 4 rings (SSSR count). The monoisotopic (exact) mass is 576 g/mol. The minimum absolute atomic E-state index is 0.0397. The summed E-state index contributed by atoms with van der Waals surface area (Å²) in [5, 5.41) is 41.5. The van der Waals surface area contributed by atoms with Crippen molar-refractivity contribution in [2.24, 2.45) is 0 Å².